The number of aromatic nitrogens is 1. The number of thiocarbonyl (C=S) groups is 1. The number of hydrogen-bond donors (Lipinski definition) is 0. The number of halogens is 3. The molecule has 1 amide bonds. The number of fused-ring (bicyclic) bond motifs is 1. The van der Waals surface area contributed by atoms with Crippen molar-refractivity contribution in [3.8, 4) is 0 Å². The molecule has 192 valence electrons. The van der Waals surface area contributed by atoms with E-state index in [-0.39, 0.29) is 23.3 Å². The van der Waals surface area contributed by atoms with Crippen molar-refractivity contribution in [2.45, 2.75) is 6.54 Å². The first kappa shape index (κ1) is 26.3. The van der Waals surface area contributed by atoms with Gasteiger partial charge in [-0.15, -0.1) is 0 Å². The lowest BCUT2D eigenvalue weighted by atomic mass is 10.1. The summed E-state index contributed by atoms with van der Waals surface area (Å²) in [4.78, 5) is 28.8. The van der Waals surface area contributed by atoms with Crippen molar-refractivity contribution >= 4 is 86.7 Å². The molecular formula is C28H20Cl3N3O3S. The van der Waals surface area contributed by atoms with Crippen molar-refractivity contribution in [3.63, 3.8) is 0 Å². The molecule has 0 unspecified atom stereocenters. The number of methoxy groups -OCH3 is 1. The van der Waals surface area contributed by atoms with E-state index in [2.05, 4.69) is 4.57 Å². The lowest BCUT2D eigenvalue weighted by molar-refractivity contribution is -0.140. The maximum atomic E-state index is 13.7. The summed E-state index contributed by atoms with van der Waals surface area (Å²) in [5.74, 6) is -0.886. The van der Waals surface area contributed by atoms with Gasteiger partial charge in [0, 0.05) is 44.3 Å². The summed E-state index contributed by atoms with van der Waals surface area (Å²) in [7, 11) is 1.29. The molecule has 4 aromatic rings. The van der Waals surface area contributed by atoms with Crippen LogP contribution in [0.4, 0.5) is 5.69 Å². The predicted molar refractivity (Wildman–Crippen MR) is 156 cm³/mol. The smallest absolute Gasteiger partial charge is 0.325 e. The number of benzene rings is 3. The fourth-order valence-electron chi connectivity index (χ4n) is 4.35. The van der Waals surface area contributed by atoms with Crippen LogP contribution in [0.5, 0.6) is 0 Å². The number of rotatable bonds is 6. The van der Waals surface area contributed by atoms with Gasteiger partial charge >= 0.3 is 5.97 Å². The Morgan fingerprint density at radius 2 is 1.71 bits per heavy atom. The molecule has 6 nitrogen and oxygen atoms in total. The Labute approximate surface area is 239 Å². The zero-order valence-corrected chi connectivity index (χ0v) is 23.1. The van der Waals surface area contributed by atoms with Gasteiger partial charge in [0.25, 0.3) is 5.91 Å². The number of carbonyl (C=O) groups excluding carboxylic acids is 2. The van der Waals surface area contributed by atoms with Crippen molar-refractivity contribution in [2.75, 3.05) is 18.6 Å². The van der Waals surface area contributed by atoms with E-state index in [9.17, 15) is 9.59 Å². The second kappa shape index (κ2) is 10.8. The zero-order valence-electron chi connectivity index (χ0n) is 20.0. The van der Waals surface area contributed by atoms with E-state index in [0.717, 1.165) is 22.0 Å². The van der Waals surface area contributed by atoms with Crippen LogP contribution in [0, 0.1) is 0 Å². The first-order valence-corrected chi connectivity index (χ1v) is 13.0. The van der Waals surface area contributed by atoms with Crippen LogP contribution in [0.15, 0.2) is 78.6 Å². The summed E-state index contributed by atoms with van der Waals surface area (Å²) in [6, 6.07) is 20.0. The van der Waals surface area contributed by atoms with E-state index >= 15 is 0 Å². The standard InChI is InChI=1S/C28H20Cl3N3O3S/c1-37-26(35)16-33-25(27(36)34(28(33)38)21-10-8-19(29)9-11-21)12-18-15-32(24-5-3-2-4-22(18)24)14-17-6-7-20(30)13-23(17)31/h2-13,15H,14,16H2,1H3/b25-12-. The van der Waals surface area contributed by atoms with Crippen LogP contribution >= 0.6 is 47.0 Å². The van der Waals surface area contributed by atoms with Crippen molar-refractivity contribution in [1.29, 1.82) is 0 Å². The van der Waals surface area contributed by atoms with Crippen molar-refractivity contribution < 1.29 is 14.3 Å². The zero-order chi connectivity index (χ0) is 27.0. The third-order valence-corrected chi connectivity index (χ3v) is 7.44. The molecule has 1 aliphatic rings. The molecule has 0 radical (unpaired) electrons. The van der Waals surface area contributed by atoms with Crippen molar-refractivity contribution in [3.05, 3.63) is 105 Å². The topological polar surface area (TPSA) is 54.8 Å². The minimum atomic E-state index is -0.524. The normalized spacial score (nSPS) is 14.7. The number of ether oxygens (including phenoxy) is 1. The minimum Gasteiger partial charge on any atom is -0.468 e. The van der Waals surface area contributed by atoms with Crippen LogP contribution in [0.3, 0.4) is 0 Å². The number of amides is 1. The van der Waals surface area contributed by atoms with Crippen molar-refractivity contribution in [1.82, 2.24) is 9.47 Å². The molecule has 0 spiro atoms. The molecule has 0 bridgehead atoms. The number of anilines is 1. The van der Waals surface area contributed by atoms with E-state index in [1.807, 2.05) is 36.5 Å². The minimum absolute atomic E-state index is 0.172. The molecule has 0 atom stereocenters. The summed E-state index contributed by atoms with van der Waals surface area (Å²) >= 11 is 24.2. The molecule has 1 aliphatic heterocycles. The summed E-state index contributed by atoms with van der Waals surface area (Å²) in [5.41, 5.74) is 3.43. The predicted octanol–water partition coefficient (Wildman–Crippen LogP) is 6.80. The molecule has 10 heteroatoms. The molecule has 3 aromatic carbocycles. The summed E-state index contributed by atoms with van der Waals surface area (Å²) < 4.78 is 6.92. The summed E-state index contributed by atoms with van der Waals surface area (Å²) in [6.45, 7) is 0.283. The van der Waals surface area contributed by atoms with Gasteiger partial charge in [-0.25, -0.2) is 0 Å². The maximum absolute atomic E-state index is 13.7. The molecule has 1 aromatic heterocycles. The Morgan fingerprint density at radius 3 is 2.42 bits per heavy atom. The highest BCUT2D eigenvalue weighted by molar-refractivity contribution is 7.80. The Bertz CT molecular complexity index is 1610. The van der Waals surface area contributed by atoms with E-state index in [1.165, 1.54) is 16.9 Å². The van der Waals surface area contributed by atoms with E-state index in [1.54, 1.807) is 42.5 Å². The summed E-state index contributed by atoms with van der Waals surface area (Å²) in [6.07, 6.45) is 3.69. The molecule has 1 fully saturated rings. The van der Waals surface area contributed by atoms with Gasteiger partial charge in [-0.3, -0.25) is 14.5 Å². The number of esters is 1. The van der Waals surface area contributed by atoms with Gasteiger partial charge in [0.2, 0.25) is 0 Å². The van der Waals surface area contributed by atoms with Crippen LogP contribution < -0.4 is 4.90 Å². The number of hydrogen-bond acceptors (Lipinski definition) is 4. The van der Waals surface area contributed by atoms with Gasteiger partial charge in [-0.05, 0) is 66.3 Å². The Balaban J connectivity index is 1.60. The van der Waals surface area contributed by atoms with Crippen LogP contribution in [0.25, 0.3) is 17.0 Å². The highest BCUT2D eigenvalue weighted by Gasteiger charge is 2.40. The van der Waals surface area contributed by atoms with Crippen molar-refractivity contribution in [2.24, 2.45) is 0 Å². The third-order valence-electron chi connectivity index (χ3n) is 6.20. The maximum Gasteiger partial charge on any atom is 0.325 e. The van der Waals surface area contributed by atoms with Gasteiger partial charge in [0.15, 0.2) is 5.11 Å². The second-order valence-electron chi connectivity index (χ2n) is 8.56. The lowest BCUT2D eigenvalue weighted by Gasteiger charge is -2.19. The first-order chi connectivity index (χ1) is 18.3. The highest BCUT2D eigenvalue weighted by atomic mass is 35.5. The monoisotopic (exact) mass is 583 g/mol. The number of carbonyl (C=O) groups is 2. The molecule has 5 rings (SSSR count). The molecule has 38 heavy (non-hydrogen) atoms. The average Bonchev–Trinajstić information content (AvgIpc) is 3.36. The van der Waals surface area contributed by atoms with Gasteiger partial charge in [-0.1, -0.05) is 59.1 Å². The Morgan fingerprint density at radius 1 is 1.00 bits per heavy atom. The van der Waals surface area contributed by atoms with Gasteiger partial charge in [-0.2, -0.15) is 0 Å². The van der Waals surface area contributed by atoms with E-state index in [0.29, 0.717) is 27.3 Å². The highest BCUT2D eigenvalue weighted by Crippen LogP contribution is 2.32. The quantitative estimate of drug-likeness (QED) is 0.142. The van der Waals surface area contributed by atoms with Crippen LogP contribution in [-0.4, -0.2) is 40.1 Å². The largest absolute Gasteiger partial charge is 0.468 e. The van der Waals surface area contributed by atoms with Gasteiger partial charge < -0.3 is 14.2 Å². The average molecular weight is 585 g/mol. The van der Waals surface area contributed by atoms with E-state index in [4.69, 9.17) is 51.8 Å². The third kappa shape index (κ3) is 5.02. The van der Waals surface area contributed by atoms with Crippen LogP contribution in [-0.2, 0) is 20.9 Å². The van der Waals surface area contributed by atoms with Crippen LogP contribution in [0.1, 0.15) is 11.1 Å². The first-order valence-electron chi connectivity index (χ1n) is 11.5. The molecule has 1 saturated heterocycles. The van der Waals surface area contributed by atoms with Gasteiger partial charge in [0.1, 0.15) is 12.2 Å². The number of nitrogens with zero attached hydrogens (tertiary/aromatic N) is 3. The number of para-hydroxylation sites is 1. The Hall–Kier alpha value is -3.36. The second-order valence-corrected chi connectivity index (χ2v) is 10.2. The fourth-order valence-corrected chi connectivity index (χ4v) is 5.29. The SMILES string of the molecule is COC(=O)CN1C(=S)N(c2ccc(Cl)cc2)C(=O)/C1=C/c1cn(Cc2ccc(Cl)cc2Cl)c2ccccc12. The lowest BCUT2D eigenvalue weighted by Crippen LogP contribution is -2.35. The van der Waals surface area contributed by atoms with Crippen LogP contribution in [0.2, 0.25) is 15.1 Å². The molecular weight excluding hydrogens is 565 g/mol. The molecule has 0 N–H and O–H groups in total. The summed E-state index contributed by atoms with van der Waals surface area (Å²) in [5, 5.41) is 2.75. The Kier molecular flexibility index (Phi) is 7.45. The fraction of sp³-hybridized carbons (Fsp3) is 0.107. The molecule has 2 heterocycles. The molecule has 0 aliphatic carbocycles. The molecule has 0 saturated carbocycles. The van der Waals surface area contributed by atoms with E-state index < -0.39 is 5.97 Å². The van der Waals surface area contributed by atoms with Gasteiger partial charge in [0.05, 0.1) is 12.8 Å².